The van der Waals surface area contributed by atoms with Crippen LogP contribution in [0.25, 0.3) is 0 Å². The predicted molar refractivity (Wildman–Crippen MR) is 68.3 cm³/mol. The molecule has 0 aromatic carbocycles. The Hall–Kier alpha value is -0.610. The van der Waals surface area contributed by atoms with Crippen LogP contribution in [-0.4, -0.2) is 44.5 Å². The van der Waals surface area contributed by atoms with E-state index in [0.717, 1.165) is 38.9 Å². The van der Waals surface area contributed by atoms with Crippen molar-refractivity contribution in [1.82, 2.24) is 10.2 Å². The molecule has 0 aliphatic carbocycles. The van der Waals surface area contributed by atoms with Crippen LogP contribution in [0.5, 0.6) is 0 Å². The van der Waals surface area contributed by atoms with Gasteiger partial charge >= 0.3 is 0 Å². The van der Waals surface area contributed by atoms with Gasteiger partial charge in [-0.05, 0) is 32.4 Å². The second-order valence-electron chi connectivity index (χ2n) is 4.31. The van der Waals surface area contributed by atoms with Crippen molar-refractivity contribution < 1.29 is 4.79 Å². The van der Waals surface area contributed by atoms with Gasteiger partial charge in [-0.3, -0.25) is 4.79 Å². The van der Waals surface area contributed by atoms with Crippen LogP contribution in [0.3, 0.4) is 0 Å². The third kappa shape index (κ3) is 6.80. The lowest BCUT2D eigenvalue weighted by Gasteiger charge is -2.19. The molecule has 96 valence electrons. The van der Waals surface area contributed by atoms with Crippen LogP contribution >= 0.6 is 0 Å². The highest BCUT2D eigenvalue weighted by Gasteiger charge is 2.11. The van der Waals surface area contributed by atoms with E-state index in [1.54, 1.807) is 4.90 Å². The zero-order valence-electron chi connectivity index (χ0n) is 11.0. The Bertz CT molecular complexity index is 185. The maximum Gasteiger partial charge on any atom is 0.222 e. The maximum absolute atomic E-state index is 11.7. The molecule has 16 heavy (non-hydrogen) atoms. The van der Waals surface area contributed by atoms with Gasteiger partial charge in [0.15, 0.2) is 0 Å². The molecule has 1 amide bonds. The number of nitrogens with two attached hydrogens (primary N) is 1. The Morgan fingerprint density at radius 2 is 2.12 bits per heavy atom. The summed E-state index contributed by atoms with van der Waals surface area (Å²) in [7, 11) is 3.76. The molecule has 0 aliphatic heterocycles. The van der Waals surface area contributed by atoms with Crippen LogP contribution in [0.15, 0.2) is 0 Å². The van der Waals surface area contributed by atoms with Crippen molar-refractivity contribution in [2.24, 2.45) is 11.7 Å². The van der Waals surface area contributed by atoms with E-state index in [1.165, 1.54) is 0 Å². The second-order valence-corrected chi connectivity index (χ2v) is 4.31. The van der Waals surface area contributed by atoms with E-state index < -0.39 is 0 Å². The lowest BCUT2D eigenvalue weighted by molar-refractivity contribution is -0.130. The van der Waals surface area contributed by atoms with E-state index >= 15 is 0 Å². The molecule has 0 radical (unpaired) electrons. The number of amides is 1. The summed E-state index contributed by atoms with van der Waals surface area (Å²) in [5.74, 6) is 0.845. The number of rotatable bonds is 9. The van der Waals surface area contributed by atoms with Crippen molar-refractivity contribution in [2.45, 2.75) is 32.6 Å². The molecule has 0 aromatic rings. The quantitative estimate of drug-likeness (QED) is 0.615. The third-order valence-corrected chi connectivity index (χ3v) is 3.04. The summed E-state index contributed by atoms with van der Waals surface area (Å²) in [5, 5.41) is 3.04. The summed E-state index contributed by atoms with van der Waals surface area (Å²) in [6.07, 6.45) is 3.77. The van der Waals surface area contributed by atoms with Gasteiger partial charge in [-0.2, -0.15) is 0 Å². The molecule has 1 atom stereocenters. The van der Waals surface area contributed by atoms with Crippen molar-refractivity contribution in [3.05, 3.63) is 0 Å². The predicted octanol–water partition coefficient (Wildman–Crippen LogP) is 0.819. The monoisotopic (exact) mass is 229 g/mol. The molecule has 0 spiro atoms. The molecule has 4 nitrogen and oxygen atoms in total. The maximum atomic E-state index is 11.7. The molecule has 0 saturated carbocycles. The Kier molecular flexibility index (Phi) is 9.24. The molecule has 0 aliphatic rings. The van der Waals surface area contributed by atoms with Gasteiger partial charge in [-0.15, -0.1) is 0 Å². The van der Waals surface area contributed by atoms with Gasteiger partial charge in [0.05, 0.1) is 0 Å². The molecule has 0 rings (SSSR count). The summed E-state index contributed by atoms with van der Waals surface area (Å²) < 4.78 is 0. The fraction of sp³-hybridized carbons (Fsp3) is 0.917. The van der Waals surface area contributed by atoms with Gasteiger partial charge in [0.2, 0.25) is 5.91 Å². The Morgan fingerprint density at radius 1 is 1.44 bits per heavy atom. The Morgan fingerprint density at radius 3 is 2.62 bits per heavy atom. The molecule has 0 heterocycles. The first-order valence-electron chi connectivity index (χ1n) is 6.24. The summed E-state index contributed by atoms with van der Waals surface area (Å²) in [5.41, 5.74) is 5.53. The molecular weight excluding hydrogens is 202 g/mol. The average Bonchev–Trinajstić information content (AvgIpc) is 2.30. The van der Waals surface area contributed by atoms with Crippen molar-refractivity contribution in [3.8, 4) is 0 Å². The van der Waals surface area contributed by atoms with Gasteiger partial charge in [0, 0.05) is 26.6 Å². The van der Waals surface area contributed by atoms with E-state index in [4.69, 9.17) is 5.73 Å². The summed E-state index contributed by atoms with van der Waals surface area (Å²) in [6, 6.07) is 0. The summed E-state index contributed by atoms with van der Waals surface area (Å²) >= 11 is 0. The minimum Gasteiger partial charge on any atom is -0.344 e. The number of carbonyl (C=O) groups excluding carboxylic acids is 1. The lowest BCUT2D eigenvalue weighted by atomic mass is 9.96. The van der Waals surface area contributed by atoms with Crippen LogP contribution < -0.4 is 11.1 Å². The SMILES string of the molecule is CCC(CCN)CCC(=O)N(C)CCNC. The second kappa shape index (κ2) is 9.60. The topological polar surface area (TPSA) is 58.4 Å². The van der Waals surface area contributed by atoms with Crippen molar-refractivity contribution in [1.29, 1.82) is 0 Å². The highest BCUT2D eigenvalue weighted by Crippen LogP contribution is 2.14. The summed E-state index contributed by atoms with van der Waals surface area (Å²) in [4.78, 5) is 13.5. The van der Waals surface area contributed by atoms with Gasteiger partial charge in [-0.1, -0.05) is 13.3 Å². The minimum atomic E-state index is 0.241. The van der Waals surface area contributed by atoms with Crippen LogP contribution in [0.4, 0.5) is 0 Å². The molecule has 0 bridgehead atoms. The molecule has 4 heteroatoms. The smallest absolute Gasteiger partial charge is 0.222 e. The third-order valence-electron chi connectivity index (χ3n) is 3.04. The lowest BCUT2D eigenvalue weighted by Crippen LogP contribution is -2.32. The van der Waals surface area contributed by atoms with Crippen LogP contribution in [0.2, 0.25) is 0 Å². The van der Waals surface area contributed by atoms with E-state index in [-0.39, 0.29) is 5.91 Å². The number of hydrogen-bond donors (Lipinski definition) is 2. The molecule has 0 aromatic heterocycles. The van der Waals surface area contributed by atoms with E-state index in [1.807, 2.05) is 14.1 Å². The van der Waals surface area contributed by atoms with Crippen molar-refractivity contribution in [2.75, 3.05) is 33.7 Å². The Labute approximate surface area is 99.6 Å². The summed E-state index contributed by atoms with van der Waals surface area (Å²) in [6.45, 7) is 4.52. The first-order chi connectivity index (χ1) is 7.65. The highest BCUT2D eigenvalue weighted by atomic mass is 16.2. The van der Waals surface area contributed by atoms with Gasteiger partial charge in [0.25, 0.3) is 0 Å². The van der Waals surface area contributed by atoms with Crippen LogP contribution in [0.1, 0.15) is 32.6 Å². The van der Waals surface area contributed by atoms with Crippen LogP contribution in [-0.2, 0) is 4.79 Å². The van der Waals surface area contributed by atoms with Crippen molar-refractivity contribution in [3.63, 3.8) is 0 Å². The highest BCUT2D eigenvalue weighted by molar-refractivity contribution is 5.75. The number of hydrogen-bond acceptors (Lipinski definition) is 3. The molecule has 3 N–H and O–H groups in total. The zero-order valence-corrected chi connectivity index (χ0v) is 11.0. The average molecular weight is 229 g/mol. The van der Waals surface area contributed by atoms with E-state index in [0.29, 0.717) is 12.3 Å². The normalized spacial score (nSPS) is 12.5. The standard InChI is InChI=1S/C12H27N3O/c1-4-11(7-8-13)5-6-12(16)15(3)10-9-14-2/h11,14H,4-10,13H2,1-3H3. The van der Waals surface area contributed by atoms with Gasteiger partial charge in [0.1, 0.15) is 0 Å². The number of likely N-dealkylation sites (N-methyl/N-ethyl adjacent to an activating group) is 2. The van der Waals surface area contributed by atoms with Crippen LogP contribution in [0, 0.1) is 5.92 Å². The van der Waals surface area contributed by atoms with E-state index in [9.17, 15) is 4.79 Å². The number of nitrogens with zero attached hydrogens (tertiary/aromatic N) is 1. The van der Waals surface area contributed by atoms with Gasteiger partial charge in [-0.25, -0.2) is 0 Å². The fourth-order valence-corrected chi connectivity index (χ4v) is 1.71. The van der Waals surface area contributed by atoms with Gasteiger partial charge < -0.3 is 16.0 Å². The van der Waals surface area contributed by atoms with Crippen molar-refractivity contribution >= 4 is 5.91 Å². The first kappa shape index (κ1) is 15.4. The molecule has 0 saturated heterocycles. The Balaban J connectivity index is 3.76. The molecule has 0 fully saturated rings. The largest absolute Gasteiger partial charge is 0.344 e. The molecular formula is C12H27N3O. The molecule has 1 unspecified atom stereocenters. The minimum absolute atomic E-state index is 0.241. The first-order valence-corrected chi connectivity index (χ1v) is 6.24. The van der Waals surface area contributed by atoms with E-state index in [2.05, 4.69) is 12.2 Å². The zero-order chi connectivity index (χ0) is 12.4. The fourth-order valence-electron chi connectivity index (χ4n) is 1.71. The number of carbonyl (C=O) groups is 1. The number of nitrogens with one attached hydrogen (secondary N) is 1.